The predicted molar refractivity (Wildman–Crippen MR) is 74.3 cm³/mol. The Balaban J connectivity index is 2.77. The van der Waals surface area contributed by atoms with Crippen molar-refractivity contribution in [2.45, 2.75) is 0 Å². The monoisotopic (exact) mass is 247 g/mol. The van der Waals surface area contributed by atoms with Gasteiger partial charge in [-0.2, -0.15) is 0 Å². The van der Waals surface area contributed by atoms with E-state index in [9.17, 15) is 0 Å². The van der Waals surface area contributed by atoms with E-state index in [-0.39, 0.29) is 0 Å². The van der Waals surface area contributed by atoms with Crippen molar-refractivity contribution in [2.75, 3.05) is 14.2 Å². The molecule has 2 aromatic carbocycles. The molecule has 0 fully saturated rings. The summed E-state index contributed by atoms with van der Waals surface area (Å²) in [6, 6.07) is 11.6. The first-order valence-electron chi connectivity index (χ1n) is 5.75. The summed E-state index contributed by atoms with van der Waals surface area (Å²) in [6.45, 7) is 0. The van der Waals surface area contributed by atoms with Crippen LogP contribution in [0.1, 0.15) is 1.37 Å². The first-order valence-corrected chi connectivity index (χ1v) is 5.83. The molecule has 3 heteroatoms. The first-order chi connectivity index (χ1) is 8.69. The molecule has 2 rings (SSSR count). The van der Waals surface area contributed by atoms with Crippen LogP contribution in [0, 0.1) is 0 Å². The third-order valence-corrected chi connectivity index (χ3v) is 3.05. The summed E-state index contributed by atoms with van der Waals surface area (Å²) >= 11 is 0. The van der Waals surface area contributed by atoms with Crippen molar-refractivity contribution in [2.24, 2.45) is 0 Å². The van der Waals surface area contributed by atoms with Gasteiger partial charge in [0, 0.05) is 0 Å². The van der Waals surface area contributed by atoms with Crippen LogP contribution in [-0.2, 0) is 0 Å². The number of hydrogen-bond acceptors (Lipinski definition) is 2. The van der Waals surface area contributed by atoms with Gasteiger partial charge in [-0.3, -0.25) is 0 Å². The molecular weight excluding hydrogens is 231 g/mol. The molecule has 88 valence electrons. The van der Waals surface area contributed by atoms with Crippen LogP contribution < -0.4 is 14.8 Å². The Bertz CT molecular complexity index is 527. The van der Waals surface area contributed by atoms with Crippen molar-refractivity contribution in [3.05, 3.63) is 42.4 Å². The summed E-state index contributed by atoms with van der Waals surface area (Å²) in [5.74, 6) is 1.41. The summed E-state index contributed by atoms with van der Waals surface area (Å²) in [5, 5.41) is 0.949. The summed E-state index contributed by atoms with van der Waals surface area (Å²) in [4.78, 5) is 0. The molecule has 0 radical (unpaired) electrons. The lowest BCUT2D eigenvalue weighted by Crippen LogP contribution is -2.00. The van der Waals surface area contributed by atoms with Crippen molar-refractivity contribution in [1.82, 2.24) is 0 Å². The van der Waals surface area contributed by atoms with E-state index in [1.54, 1.807) is 20.3 Å². The van der Waals surface area contributed by atoms with Gasteiger partial charge in [-0.25, -0.2) is 0 Å². The van der Waals surface area contributed by atoms with Crippen LogP contribution in [0.2, 0.25) is 0 Å². The Morgan fingerprint density at radius 2 is 1.65 bits per heavy atom. The van der Waals surface area contributed by atoms with Gasteiger partial charge in [0.05, 0.1) is 21.2 Å². The molecule has 0 bridgehead atoms. The maximum atomic E-state index is 8.07. The number of ether oxygens (including phenoxy) is 2. The SMILES string of the molecule is [2H]c1cccc(P)c1-c1c(OC)cccc1OC. The normalized spacial score (nSPS) is 10.9. The van der Waals surface area contributed by atoms with Crippen LogP contribution in [0.25, 0.3) is 11.1 Å². The zero-order valence-electron chi connectivity index (χ0n) is 10.9. The molecule has 0 saturated carbocycles. The van der Waals surface area contributed by atoms with Crippen LogP contribution in [0.15, 0.2) is 42.4 Å². The molecular formula is C14H15O2P. The molecule has 0 saturated heterocycles. The fraction of sp³-hybridized carbons (Fsp3) is 0.143. The molecule has 0 aliphatic rings. The molecule has 0 N–H and O–H groups in total. The Hall–Kier alpha value is -1.53. The quantitative estimate of drug-likeness (QED) is 0.776. The maximum Gasteiger partial charge on any atom is 0.130 e. The lowest BCUT2D eigenvalue weighted by molar-refractivity contribution is 0.397. The van der Waals surface area contributed by atoms with Gasteiger partial charge in [-0.15, -0.1) is 9.24 Å². The van der Waals surface area contributed by atoms with Crippen molar-refractivity contribution >= 4 is 14.5 Å². The molecule has 0 aliphatic carbocycles. The number of methoxy groups -OCH3 is 2. The highest BCUT2D eigenvalue weighted by Gasteiger charge is 2.13. The number of benzene rings is 2. The second-order valence-electron chi connectivity index (χ2n) is 3.54. The summed E-state index contributed by atoms with van der Waals surface area (Å²) < 4.78 is 18.8. The van der Waals surface area contributed by atoms with Gasteiger partial charge in [0.1, 0.15) is 11.5 Å². The highest BCUT2D eigenvalue weighted by molar-refractivity contribution is 7.28. The Morgan fingerprint density at radius 1 is 1.00 bits per heavy atom. The van der Waals surface area contributed by atoms with E-state index in [0.29, 0.717) is 17.5 Å². The Kier molecular flexibility index (Phi) is 3.25. The van der Waals surface area contributed by atoms with Gasteiger partial charge in [-0.1, -0.05) is 30.3 Å². The molecule has 0 spiro atoms. The van der Waals surface area contributed by atoms with Crippen molar-refractivity contribution < 1.29 is 10.8 Å². The minimum absolute atomic E-state index is 0.449. The first kappa shape index (κ1) is 10.6. The fourth-order valence-corrected chi connectivity index (χ4v) is 2.10. The van der Waals surface area contributed by atoms with Gasteiger partial charge in [0.15, 0.2) is 0 Å². The molecule has 17 heavy (non-hydrogen) atoms. The molecule has 0 aromatic heterocycles. The largest absolute Gasteiger partial charge is 0.496 e. The van der Waals surface area contributed by atoms with E-state index < -0.39 is 0 Å². The van der Waals surface area contributed by atoms with E-state index >= 15 is 0 Å². The molecule has 2 aromatic rings. The maximum absolute atomic E-state index is 8.07. The van der Waals surface area contributed by atoms with Crippen molar-refractivity contribution in [1.29, 1.82) is 0 Å². The Morgan fingerprint density at radius 3 is 2.18 bits per heavy atom. The van der Waals surface area contributed by atoms with Crippen molar-refractivity contribution in [3.8, 4) is 22.6 Å². The summed E-state index contributed by atoms with van der Waals surface area (Å²) in [7, 11) is 5.89. The molecule has 0 amide bonds. The van der Waals surface area contributed by atoms with E-state index in [1.165, 1.54) is 0 Å². The van der Waals surface area contributed by atoms with E-state index in [1.807, 2.05) is 30.3 Å². The zero-order chi connectivity index (χ0) is 13.1. The molecule has 1 unspecified atom stereocenters. The van der Waals surface area contributed by atoms with Crippen LogP contribution in [0.5, 0.6) is 11.5 Å². The predicted octanol–water partition coefficient (Wildman–Crippen LogP) is 2.87. The van der Waals surface area contributed by atoms with E-state index in [2.05, 4.69) is 9.24 Å². The van der Waals surface area contributed by atoms with E-state index in [4.69, 9.17) is 10.8 Å². The molecule has 1 atom stereocenters. The Labute approximate surface area is 105 Å². The smallest absolute Gasteiger partial charge is 0.130 e. The lowest BCUT2D eigenvalue weighted by Gasteiger charge is -2.14. The van der Waals surface area contributed by atoms with Gasteiger partial charge >= 0.3 is 0 Å². The van der Waals surface area contributed by atoms with E-state index in [0.717, 1.165) is 16.4 Å². The minimum Gasteiger partial charge on any atom is -0.496 e. The highest BCUT2D eigenvalue weighted by Crippen LogP contribution is 2.37. The average Bonchev–Trinajstić information content (AvgIpc) is 2.38. The standard InChI is InChI=1S/C14H15O2P/c1-15-11-7-5-8-12(16-2)14(11)10-6-3-4-9-13(10)17/h3-9H,17H2,1-2H3/i6D. The van der Waals surface area contributed by atoms with Crippen LogP contribution in [-0.4, -0.2) is 14.2 Å². The third kappa shape index (κ3) is 2.27. The molecule has 0 aliphatic heterocycles. The molecule has 0 heterocycles. The highest BCUT2D eigenvalue weighted by atomic mass is 31.0. The van der Waals surface area contributed by atoms with Gasteiger partial charge in [-0.05, 0) is 23.0 Å². The van der Waals surface area contributed by atoms with Gasteiger partial charge in [0.25, 0.3) is 0 Å². The van der Waals surface area contributed by atoms with Crippen LogP contribution >= 0.6 is 9.24 Å². The number of hydrogen-bond donors (Lipinski definition) is 0. The fourth-order valence-electron chi connectivity index (χ4n) is 1.76. The van der Waals surface area contributed by atoms with Gasteiger partial charge < -0.3 is 9.47 Å². The summed E-state index contributed by atoms with van der Waals surface area (Å²) in [5.41, 5.74) is 1.63. The second kappa shape index (κ2) is 5.20. The van der Waals surface area contributed by atoms with Crippen LogP contribution in [0.4, 0.5) is 0 Å². The minimum atomic E-state index is 0.449. The average molecular weight is 247 g/mol. The zero-order valence-corrected chi connectivity index (χ0v) is 11.0. The molecule has 2 nitrogen and oxygen atoms in total. The third-order valence-electron chi connectivity index (χ3n) is 2.57. The topological polar surface area (TPSA) is 18.5 Å². The lowest BCUT2D eigenvalue weighted by atomic mass is 10.0. The second-order valence-corrected chi connectivity index (χ2v) is 4.16. The summed E-state index contributed by atoms with van der Waals surface area (Å²) in [6.07, 6.45) is 0. The number of rotatable bonds is 3. The van der Waals surface area contributed by atoms with Crippen molar-refractivity contribution in [3.63, 3.8) is 0 Å². The van der Waals surface area contributed by atoms with Gasteiger partial charge in [0.2, 0.25) is 0 Å². The van der Waals surface area contributed by atoms with Crippen LogP contribution in [0.3, 0.4) is 0 Å².